The third-order valence-electron chi connectivity index (χ3n) is 2.72. The van der Waals surface area contributed by atoms with Crippen LogP contribution in [0.4, 0.5) is 5.95 Å². The van der Waals surface area contributed by atoms with Crippen LogP contribution in [0.2, 0.25) is 0 Å². The number of imidazole rings is 1. The topological polar surface area (TPSA) is 121 Å². The molecule has 1 aromatic rings. The molecule has 7 heteroatoms. The van der Waals surface area contributed by atoms with Crippen molar-refractivity contribution in [3.63, 3.8) is 0 Å². The van der Waals surface area contributed by atoms with E-state index in [9.17, 15) is 9.90 Å². The van der Waals surface area contributed by atoms with Crippen molar-refractivity contribution in [2.24, 2.45) is 11.5 Å². The summed E-state index contributed by atoms with van der Waals surface area (Å²) in [4.78, 5) is 19.9. The number of anilines is 1. The number of nitrogens with two attached hydrogens (primary N) is 2. The third kappa shape index (κ3) is 3.71. The minimum Gasteiger partial charge on any atom is -0.480 e. The lowest BCUT2D eigenvalue weighted by Crippen LogP contribution is -2.51. The van der Waals surface area contributed by atoms with Gasteiger partial charge in [0.05, 0.1) is 6.17 Å². The van der Waals surface area contributed by atoms with E-state index in [1.807, 2.05) is 0 Å². The number of unbranched alkanes of at least 4 members (excludes halogenated alkanes) is 1. The highest BCUT2D eigenvalue weighted by molar-refractivity contribution is 5.77. The summed E-state index contributed by atoms with van der Waals surface area (Å²) in [7, 11) is 0. The Hall–Kier alpha value is -1.60. The van der Waals surface area contributed by atoms with Gasteiger partial charge >= 0.3 is 5.97 Å². The van der Waals surface area contributed by atoms with Gasteiger partial charge in [-0.25, -0.2) is 9.78 Å². The van der Waals surface area contributed by atoms with Crippen molar-refractivity contribution < 1.29 is 9.90 Å². The minimum absolute atomic E-state index is 0.435. The predicted octanol–water partition coefficient (Wildman–Crippen LogP) is 0.103. The molecule has 1 heterocycles. The van der Waals surface area contributed by atoms with Crippen LogP contribution in [0.25, 0.3) is 0 Å². The van der Waals surface area contributed by atoms with Crippen LogP contribution in [0.15, 0.2) is 12.4 Å². The Labute approximate surface area is 106 Å². The highest BCUT2D eigenvalue weighted by atomic mass is 16.4. The normalized spacial score (nSPS) is 14.2. The number of rotatable bonds is 8. The molecule has 1 aromatic heterocycles. The number of aromatic nitrogens is 2. The maximum absolute atomic E-state index is 11.4. The first kappa shape index (κ1) is 14.5. The highest BCUT2D eigenvalue weighted by Gasteiger charge is 2.29. The highest BCUT2D eigenvalue weighted by Crippen LogP contribution is 2.17. The fourth-order valence-electron chi connectivity index (χ4n) is 1.89. The van der Waals surface area contributed by atoms with Crippen molar-refractivity contribution in [1.29, 1.82) is 0 Å². The van der Waals surface area contributed by atoms with E-state index in [1.54, 1.807) is 24.2 Å². The van der Waals surface area contributed by atoms with Crippen LogP contribution in [-0.2, 0) is 4.79 Å². The van der Waals surface area contributed by atoms with Crippen LogP contribution in [0.5, 0.6) is 0 Å². The Morgan fingerprint density at radius 2 is 2.33 bits per heavy atom. The molecular weight excluding hydrogens is 234 g/mol. The van der Waals surface area contributed by atoms with Gasteiger partial charge in [-0.05, 0) is 32.7 Å². The molecule has 0 amide bonds. The van der Waals surface area contributed by atoms with Gasteiger partial charge in [-0.3, -0.25) is 0 Å². The monoisotopic (exact) mass is 255 g/mol. The zero-order valence-electron chi connectivity index (χ0n) is 10.5. The molecule has 0 saturated carbocycles. The van der Waals surface area contributed by atoms with Crippen LogP contribution < -0.4 is 16.4 Å². The third-order valence-corrected chi connectivity index (χ3v) is 2.72. The molecular formula is C11H21N5O2. The van der Waals surface area contributed by atoms with Gasteiger partial charge in [0.15, 0.2) is 0 Å². The molecule has 102 valence electrons. The first-order valence-corrected chi connectivity index (χ1v) is 6.04. The fourth-order valence-corrected chi connectivity index (χ4v) is 1.89. The van der Waals surface area contributed by atoms with Gasteiger partial charge in [0.1, 0.15) is 6.04 Å². The fraction of sp³-hybridized carbons (Fsp3) is 0.636. The van der Waals surface area contributed by atoms with Crippen molar-refractivity contribution in [2.45, 2.75) is 38.4 Å². The SMILES string of the molecule is CC(N)N(c1ncc[nH]1)[C@@H](CCCCN)C(=O)O. The molecule has 0 fully saturated rings. The lowest BCUT2D eigenvalue weighted by atomic mass is 10.1. The quantitative estimate of drug-likeness (QED) is 0.386. The Kier molecular flexibility index (Phi) is 5.60. The van der Waals surface area contributed by atoms with Gasteiger partial charge in [0.25, 0.3) is 0 Å². The van der Waals surface area contributed by atoms with Gasteiger partial charge in [-0.2, -0.15) is 0 Å². The van der Waals surface area contributed by atoms with Crippen LogP contribution >= 0.6 is 0 Å². The second-order valence-corrected chi connectivity index (χ2v) is 4.20. The van der Waals surface area contributed by atoms with E-state index in [1.165, 1.54) is 0 Å². The maximum Gasteiger partial charge on any atom is 0.326 e. The Balaban J connectivity index is 2.82. The van der Waals surface area contributed by atoms with E-state index >= 15 is 0 Å². The van der Waals surface area contributed by atoms with E-state index in [2.05, 4.69) is 9.97 Å². The largest absolute Gasteiger partial charge is 0.480 e. The number of H-pyrrole nitrogens is 1. The molecule has 1 rings (SSSR count). The lowest BCUT2D eigenvalue weighted by Gasteiger charge is -2.31. The van der Waals surface area contributed by atoms with Crippen LogP contribution in [0.3, 0.4) is 0 Å². The number of carboxylic acid groups (broad SMARTS) is 1. The Morgan fingerprint density at radius 1 is 1.61 bits per heavy atom. The second-order valence-electron chi connectivity index (χ2n) is 4.20. The summed E-state index contributed by atoms with van der Waals surface area (Å²) in [5.74, 6) is -0.425. The standard InChI is InChI=1S/C11H21N5O2/c1-8(13)16(11-14-6-7-15-11)9(10(17)18)4-2-3-5-12/h6-9H,2-5,12-13H2,1H3,(H,14,15)(H,17,18)/t8?,9-/m0/s1. The lowest BCUT2D eigenvalue weighted by molar-refractivity contribution is -0.139. The van der Waals surface area contributed by atoms with E-state index in [4.69, 9.17) is 11.5 Å². The number of carbonyl (C=O) groups is 1. The van der Waals surface area contributed by atoms with E-state index in [-0.39, 0.29) is 0 Å². The second kappa shape index (κ2) is 6.97. The van der Waals surface area contributed by atoms with Crippen molar-refractivity contribution in [3.05, 3.63) is 12.4 Å². The molecule has 0 aliphatic rings. The van der Waals surface area contributed by atoms with E-state index in [0.717, 1.165) is 12.8 Å². The summed E-state index contributed by atoms with van der Waals surface area (Å²) in [5, 5.41) is 9.32. The summed E-state index contributed by atoms with van der Waals surface area (Å²) in [6.45, 7) is 2.30. The van der Waals surface area contributed by atoms with Crippen LogP contribution in [0.1, 0.15) is 26.2 Å². The molecule has 6 N–H and O–H groups in total. The molecule has 0 aliphatic heterocycles. The maximum atomic E-state index is 11.4. The average Bonchev–Trinajstić information content (AvgIpc) is 2.80. The van der Waals surface area contributed by atoms with Crippen LogP contribution in [0, 0.1) is 0 Å². The van der Waals surface area contributed by atoms with Crippen molar-refractivity contribution in [3.8, 4) is 0 Å². The summed E-state index contributed by atoms with van der Waals surface area (Å²) in [5.41, 5.74) is 11.3. The Morgan fingerprint density at radius 3 is 2.78 bits per heavy atom. The number of aromatic amines is 1. The number of hydrogen-bond donors (Lipinski definition) is 4. The molecule has 0 radical (unpaired) electrons. The summed E-state index contributed by atoms with van der Waals surface area (Å²) in [6.07, 6.45) is 4.82. The van der Waals surface area contributed by atoms with Gasteiger partial charge < -0.3 is 26.5 Å². The van der Waals surface area contributed by atoms with Gasteiger partial charge in [0, 0.05) is 12.4 Å². The zero-order chi connectivity index (χ0) is 13.5. The summed E-state index contributed by atoms with van der Waals surface area (Å²) >= 11 is 0. The molecule has 0 aromatic carbocycles. The van der Waals surface area contributed by atoms with Gasteiger partial charge in [-0.1, -0.05) is 0 Å². The number of carboxylic acids is 1. The molecule has 0 bridgehead atoms. The van der Waals surface area contributed by atoms with Gasteiger partial charge in [-0.15, -0.1) is 0 Å². The van der Waals surface area contributed by atoms with E-state index < -0.39 is 18.2 Å². The molecule has 0 saturated heterocycles. The Bertz CT molecular complexity index is 352. The zero-order valence-corrected chi connectivity index (χ0v) is 10.5. The first-order valence-electron chi connectivity index (χ1n) is 6.04. The number of nitrogens with zero attached hydrogens (tertiary/aromatic N) is 2. The van der Waals surface area contributed by atoms with Crippen molar-refractivity contribution >= 4 is 11.9 Å². The predicted molar refractivity (Wildman–Crippen MR) is 69.0 cm³/mol. The molecule has 1 unspecified atom stereocenters. The molecule has 2 atom stereocenters. The molecule has 7 nitrogen and oxygen atoms in total. The molecule has 0 spiro atoms. The molecule has 18 heavy (non-hydrogen) atoms. The smallest absolute Gasteiger partial charge is 0.326 e. The number of nitrogens with one attached hydrogen (secondary N) is 1. The average molecular weight is 255 g/mol. The number of hydrogen-bond acceptors (Lipinski definition) is 5. The molecule has 0 aliphatic carbocycles. The van der Waals surface area contributed by atoms with Gasteiger partial charge in [0.2, 0.25) is 5.95 Å². The number of aliphatic carboxylic acids is 1. The van der Waals surface area contributed by atoms with E-state index in [0.29, 0.717) is 18.9 Å². The minimum atomic E-state index is -0.902. The van der Waals surface area contributed by atoms with Crippen molar-refractivity contribution in [2.75, 3.05) is 11.4 Å². The van der Waals surface area contributed by atoms with Crippen LogP contribution in [-0.4, -0.2) is 39.8 Å². The van der Waals surface area contributed by atoms with Crippen molar-refractivity contribution in [1.82, 2.24) is 9.97 Å². The first-order chi connectivity index (χ1) is 8.57. The summed E-state index contributed by atoms with van der Waals surface area (Å²) in [6, 6.07) is -0.692. The summed E-state index contributed by atoms with van der Waals surface area (Å²) < 4.78 is 0.